The van der Waals surface area contributed by atoms with Crippen molar-refractivity contribution in [2.24, 2.45) is 5.73 Å². The van der Waals surface area contributed by atoms with E-state index in [0.29, 0.717) is 0 Å². The van der Waals surface area contributed by atoms with Crippen LogP contribution in [0, 0.1) is 0 Å². The molecule has 2 aromatic carbocycles. The second-order valence-corrected chi connectivity index (χ2v) is 10.9. The number of nitrogens with two attached hydrogens (primary N) is 1. The smallest absolute Gasteiger partial charge is 0.420 e. The highest BCUT2D eigenvalue weighted by Gasteiger charge is 2.43. The van der Waals surface area contributed by atoms with Crippen LogP contribution in [0.1, 0.15) is 52.7 Å². The van der Waals surface area contributed by atoms with Gasteiger partial charge < -0.3 is 25.4 Å². The van der Waals surface area contributed by atoms with Gasteiger partial charge in [0, 0.05) is 6.04 Å². The van der Waals surface area contributed by atoms with Crippen molar-refractivity contribution in [1.29, 1.82) is 0 Å². The summed E-state index contributed by atoms with van der Waals surface area (Å²) in [5.74, 6) is 0. The van der Waals surface area contributed by atoms with Crippen molar-refractivity contribution in [2.45, 2.75) is 89.9 Å². The SMILES string of the molecule is CC(C)(C)OC(=O)N(C(=O)OC(C)(C)C)[C@@H](Cc1ccccc1)[C@H](O)[C@H](O)[C@@H](N)Cc1ccccc1. The number of carbonyl (C=O) groups excluding carboxylic acids is 2. The van der Waals surface area contributed by atoms with Crippen LogP contribution < -0.4 is 5.73 Å². The molecule has 0 unspecified atom stereocenters. The number of imide groups is 1. The van der Waals surface area contributed by atoms with Gasteiger partial charge in [-0.1, -0.05) is 60.7 Å². The Labute approximate surface area is 214 Å². The summed E-state index contributed by atoms with van der Waals surface area (Å²) in [7, 11) is 0. The van der Waals surface area contributed by atoms with Crippen LogP contribution in [0.5, 0.6) is 0 Å². The first kappa shape index (κ1) is 29.3. The molecule has 4 N–H and O–H groups in total. The standard InChI is InChI=1S/C28H40N2O6/c1-27(2,3)35-25(33)30(26(34)36-28(4,5)6)22(18-20-15-11-8-12-16-20)24(32)23(31)21(29)17-19-13-9-7-10-14-19/h7-16,21-24,31-32H,17-18,29H2,1-6H3/t21-,22-,23+,24-/m0/s1. The number of hydrogen-bond donors (Lipinski definition) is 3. The lowest BCUT2D eigenvalue weighted by Gasteiger charge is -2.38. The van der Waals surface area contributed by atoms with Gasteiger partial charge in [0.25, 0.3) is 0 Å². The summed E-state index contributed by atoms with van der Waals surface area (Å²) in [6, 6.07) is 16.3. The first-order valence-electron chi connectivity index (χ1n) is 12.1. The van der Waals surface area contributed by atoms with E-state index in [9.17, 15) is 19.8 Å². The highest BCUT2D eigenvalue weighted by atomic mass is 16.6. The molecule has 0 saturated carbocycles. The number of nitrogens with zero attached hydrogens (tertiary/aromatic N) is 1. The van der Waals surface area contributed by atoms with Gasteiger partial charge in [-0.05, 0) is 65.5 Å². The Hall–Kier alpha value is -2.94. The van der Waals surface area contributed by atoms with E-state index in [1.54, 1.807) is 53.7 Å². The van der Waals surface area contributed by atoms with Gasteiger partial charge in [-0.25, -0.2) is 14.5 Å². The number of hydrogen-bond acceptors (Lipinski definition) is 7. The molecule has 36 heavy (non-hydrogen) atoms. The summed E-state index contributed by atoms with van der Waals surface area (Å²) in [6.45, 7) is 10.0. The quantitative estimate of drug-likeness (QED) is 0.499. The summed E-state index contributed by atoms with van der Waals surface area (Å²) in [5, 5.41) is 22.4. The zero-order chi connectivity index (χ0) is 27.1. The van der Waals surface area contributed by atoms with Gasteiger partial charge in [0.1, 0.15) is 17.3 Å². The topological polar surface area (TPSA) is 122 Å². The molecule has 8 nitrogen and oxygen atoms in total. The van der Waals surface area contributed by atoms with Crippen molar-refractivity contribution in [1.82, 2.24) is 4.90 Å². The Morgan fingerprint density at radius 1 is 0.750 bits per heavy atom. The van der Waals surface area contributed by atoms with E-state index in [4.69, 9.17) is 15.2 Å². The molecule has 2 amide bonds. The Balaban J connectivity index is 2.45. The summed E-state index contributed by atoms with van der Waals surface area (Å²) in [4.78, 5) is 27.3. The van der Waals surface area contributed by atoms with Crippen molar-refractivity contribution in [3.8, 4) is 0 Å². The van der Waals surface area contributed by atoms with Crippen LogP contribution in [0.3, 0.4) is 0 Å². The van der Waals surface area contributed by atoms with Crippen molar-refractivity contribution >= 4 is 12.2 Å². The van der Waals surface area contributed by atoms with Crippen LogP contribution in [0.2, 0.25) is 0 Å². The minimum atomic E-state index is -1.58. The summed E-state index contributed by atoms with van der Waals surface area (Å²) >= 11 is 0. The molecule has 0 fully saturated rings. The van der Waals surface area contributed by atoms with Crippen molar-refractivity contribution in [2.75, 3.05) is 0 Å². The monoisotopic (exact) mass is 500 g/mol. The maximum Gasteiger partial charge on any atom is 0.420 e. The van der Waals surface area contributed by atoms with Gasteiger partial charge in [-0.3, -0.25) is 0 Å². The number of aliphatic hydroxyl groups excluding tert-OH is 2. The van der Waals surface area contributed by atoms with Crippen LogP contribution in [-0.4, -0.2) is 62.8 Å². The van der Waals surface area contributed by atoms with Gasteiger partial charge >= 0.3 is 12.2 Å². The minimum Gasteiger partial charge on any atom is -0.443 e. The maximum absolute atomic E-state index is 13.3. The number of carbonyl (C=O) groups is 2. The van der Waals surface area contributed by atoms with E-state index in [2.05, 4.69) is 0 Å². The molecular formula is C28H40N2O6. The van der Waals surface area contributed by atoms with Gasteiger partial charge in [0.15, 0.2) is 0 Å². The van der Waals surface area contributed by atoms with Crippen LogP contribution in [0.15, 0.2) is 60.7 Å². The molecule has 0 aromatic heterocycles. The van der Waals surface area contributed by atoms with E-state index in [1.807, 2.05) is 48.5 Å². The number of ether oxygens (including phenoxy) is 2. The Kier molecular flexibility index (Phi) is 10.0. The minimum absolute atomic E-state index is 0.0512. The zero-order valence-corrected chi connectivity index (χ0v) is 22.0. The molecule has 2 rings (SSSR count). The van der Waals surface area contributed by atoms with Gasteiger partial charge in [0.05, 0.1) is 12.1 Å². The summed E-state index contributed by atoms with van der Waals surface area (Å²) < 4.78 is 11.0. The van der Waals surface area contributed by atoms with Crippen molar-refractivity contribution in [3.05, 3.63) is 71.8 Å². The first-order valence-corrected chi connectivity index (χ1v) is 12.1. The van der Waals surface area contributed by atoms with E-state index >= 15 is 0 Å². The second kappa shape index (κ2) is 12.3. The van der Waals surface area contributed by atoms with E-state index in [-0.39, 0.29) is 12.8 Å². The van der Waals surface area contributed by atoms with Crippen LogP contribution in [0.25, 0.3) is 0 Å². The predicted octanol–water partition coefficient (Wildman–Crippen LogP) is 4.06. The molecule has 2 aromatic rings. The average molecular weight is 501 g/mol. The zero-order valence-electron chi connectivity index (χ0n) is 22.0. The molecule has 4 atom stereocenters. The molecule has 0 spiro atoms. The number of amides is 2. The molecular weight excluding hydrogens is 460 g/mol. The lowest BCUT2D eigenvalue weighted by Crippen LogP contribution is -2.59. The lowest BCUT2D eigenvalue weighted by atomic mass is 9.91. The fourth-order valence-electron chi connectivity index (χ4n) is 3.68. The van der Waals surface area contributed by atoms with E-state index in [0.717, 1.165) is 16.0 Å². The normalized spacial score (nSPS) is 15.4. The molecule has 0 bridgehead atoms. The molecule has 0 aliphatic carbocycles. The number of rotatable bonds is 8. The Bertz CT molecular complexity index is 941. The second-order valence-electron chi connectivity index (χ2n) is 10.9. The van der Waals surface area contributed by atoms with Crippen LogP contribution >= 0.6 is 0 Å². The predicted molar refractivity (Wildman–Crippen MR) is 138 cm³/mol. The molecule has 0 saturated heterocycles. The summed E-state index contributed by atoms with van der Waals surface area (Å²) in [5.41, 5.74) is 6.07. The van der Waals surface area contributed by atoms with Crippen molar-refractivity contribution in [3.63, 3.8) is 0 Å². The third-order valence-corrected chi connectivity index (χ3v) is 5.30. The van der Waals surface area contributed by atoms with Gasteiger partial charge in [-0.15, -0.1) is 0 Å². The van der Waals surface area contributed by atoms with Gasteiger partial charge in [-0.2, -0.15) is 0 Å². The molecule has 8 heteroatoms. The fraction of sp³-hybridized carbons (Fsp3) is 0.500. The lowest BCUT2D eigenvalue weighted by molar-refractivity contribution is -0.0596. The van der Waals surface area contributed by atoms with E-state index in [1.165, 1.54) is 0 Å². The molecule has 0 heterocycles. The highest BCUT2D eigenvalue weighted by molar-refractivity contribution is 5.88. The van der Waals surface area contributed by atoms with Gasteiger partial charge in [0.2, 0.25) is 0 Å². The highest BCUT2D eigenvalue weighted by Crippen LogP contribution is 2.23. The molecule has 0 aliphatic heterocycles. The Morgan fingerprint density at radius 3 is 1.53 bits per heavy atom. The van der Waals surface area contributed by atoms with Crippen LogP contribution in [-0.2, 0) is 22.3 Å². The third-order valence-electron chi connectivity index (χ3n) is 5.30. The van der Waals surface area contributed by atoms with Crippen LogP contribution in [0.4, 0.5) is 9.59 Å². The molecule has 198 valence electrons. The van der Waals surface area contributed by atoms with E-state index < -0.39 is 47.7 Å². The fourth-order valence-corrected chi connectivity index (χ4v) is 3.68. The first-order chi connectivity index (χ1) is 16.7. The Morgan fingerprint density at radius 2 is 1.14 bits per heavy atom. The molecule has 0 aliphatic rings. The van der Waals surface area contributed by atoms with Crippen molar-refractivity contribution < 1.29 is 29.3 Å². The number of aliphatic hydroxyl groups is 2. The largest absolute Gasteiger partial charge is 0.443 e. The third kappa shape index (κ3) is 9.26. The molecule has 0 radical (unpaired) electrons. The summed E-state index contributed by atoms with van der Waals surface area (Å²) in [6.07, 6.45) is -4.66. The average Bonchev–Trinajstić information content (AvgIpc) is 2.76. The maximum atomic E-state index is 13.3. The number of benzene rings is 2.